The van der Waals surface area contributed by atoms with E-state index in [4.69, 9.17) is 0 Å². The number of nitro groups is 1. The maximum Gasteiger partial charge on any atom is 0.287 e. The number of aromatic nitrogens is 1. The highest BCUT2D eigenvalue weighted by molar-refractivity contribution is 5.93. The number of aliphatic hydroxyl groups is 1. The van der Waals surface area contributed by atoms with E-state index in [1.165, 1.54) is 12.3 Å². The minimum atomic E-state index is -0.504. The molecule has 7 heteroatoms. The van der Waals surface area contributed by atoms with E-state index in [1.807, 2.05) is 20.8 Å². The Balaban J connectivity index is 3.16. The normalized spacial score (nSPS) is 10.9. The van der Waals surface area contributed by atoms with Crippen molar-refractivity contribution < 1.29 is 14.8 Å². The van der Waals surface area contributed by atoms with Gasteiger partial charge in [0.1, 0.15) is 5.69 Å². The fourth-order valence-electron chi connectivity index (χ4n) is 2.47. The Morgan fingerprint density at radius 3 is 2.48 bits per heavy atom. The van der Waals surface area contributed by atoms with Gasteiger partial charge < -0.3 is 14.6 Å². The van der Waals surface area contributed by atoms with E-state index in [0.717, 1.165) is 12.8 Å². The summed E-state index contributed by atoms with van der Waals surface area (Å²) in [6.45, 7) is 6.37. The predicted molar refractivity (Wildman–Crippen MR) is 79.3 cm³/mol. The van der Waals surface area contributed by atoms with Gasteiger partial charge in [-0.25, -0.2) is 0 Å². The first-order chi connectivity index (χ1) is 9.99. The Labute approximate surface area is 124 Å². The largest absolute Gasteiger partial charge is 0.395 e. The van der Waals surface area contributed by atoms with Crippen LogP contribution in [-0.2, 0) is 6.54 Å². The molecule has 1 amide bonds. The number of nitrogens with zero attached hydrogens (tertiary/aromatic N) is 3. The summed E-state index contributed by atoms with van der Waals surface area (Å²) in [5.41, 5.74) is 0.207. The molecule has 1 aromatic rings. The number of hydrogen-bond acceptors (Lipinski definition) is 4. The summed E-state index contributed by atoms with van der Waals surface area (Å²) < 4.78 is 1.58. The number of aryl methyl sites for hydroxylation is 1. The van der Waals surface area contributed by atoms with Gasteiger partial charge in [-0.15, -0.1) is 0 Å². The highest BCUT2D eigenvalue weighted by Crippen LogP contribution is 2.20. The van der Waals surface area contributed by atoms with Crippen LogP contribution in [0, 0.1) is 10.1 Å². The Kier molecular flexibility index (Phi) is 6.36. The molecule has 1 N–H and O–H groups in total. The lowest BCUT2D eigenvalue weighted by Gasteiger charge is -2.30. The van der Waals surface area contributed by atoms with Crippen molar-refractivity contribution in [3.63, 3.8) is 0 Å². The fourth-order valence-corrected chi connectivity index (χ4v) is 2.47. The van der Waals surface area contributed by atoms with Gasteiger partial charge >= 0.3 is 0 Å². The molecule has 0 aliphatic rings. The highest BCUT2D eigenvalue weighted by Gasteiger charge is 2.26. The molecule has 1 rings (SSSR count). The lowest BCUT2D eigenvalue weighted by Crippen LogP contribution is -2.42. The summed E-state index contributed by atoms with van der Waals surface area (Å²) in [5.74, 6) is -0.271. The standard InChI is InChI=1S/C14H23N3O4/c1-4-11(5-2)16(7-8-18)14(19)13-9-12(17(20)21)10-15(13)6-3/h9-11,18H,4-8H2,1-3H3. The first-order valence-corrected chi connectivity index (χ1v) is 7.26. The second-order valence-electron chi connectivity index (χ2n) is 4.82. The average molecular weight is 297 g/mol. The quantitative estimate of drug-likeness (QED) is 0.587. The van der Waals surface area contributed by atoms with Gasteiger partial charge in [0, 0.05) is 25.2 Å². The molecule has 21 heavy (non-hydrogen) atoms. The van der Waals surface area contributed by atoms with Crippen molar-refractivity contribution in [1.29, 1.82) is 0 Å². The third kappa shape index (κ3) is 3.81. The van der Waals surface area contributed by atoms with Crippen molar-refractivity contribution in [2.24, 2.45) is 0 Å². The zero-order valence-electron chi connectivity index (χ0n) is 12.8. The van der Waals surface area contributed by atoms with Crippen LogP contribution in [-0.4, -0.2) is 44.6 Å². The number of rotatable bonds is 8. The predicted octanol–water partition coefficient (Wildman–Crippen LogP) is 2.04. The monoisotopic (exact) mass is 297 g/mol. The average Bonchev–Trinajstić information content (AvgIpc) is 2.91. The summed E-state index contributed by atoms with van der Waals surface area (Å²) in [6, 6.07) is 1.32. The number of hydrogen-bond donors (Lipinski definition) is 1. The van der Waals surface area contributed by atoms with Crippen LogP contribution in [0.25, 0.3) is 0 Å². The molecular formula is C14H23N3O4. The van der Waals surface area contributed by atoms with Crippen molar-refractivity contribution in [3.8, 4) is 0 Å². The number of carbonyl (C=O) groups is 1. The van der Waals surface area contributed by atoms with E-state index in [1.54, 1.807) is 9.47 Å². The van der Waals surface area contributed by atoms with Gasteiger partial charge in [-0.1, -0.05) is 13.8 Å². The van der Waals surface area contributed by atoms with Crippen LogP contribution in [0.3, 0.4) is 0 Å². The fraction of sp³-hybridized carbons (Fsp3) is 0.643. The Morgan fingerprint density at radius 1 is 1.43 bits per heavy atom. The first-order valence-electron chi connectivity index (χ1n) is 7.26. The van der Waals surface area contributed by atoms with Gasteiger partial charge in [0.15, 0.2) is 0 Å². The SMILES string of the molecule is CCC(CC)N(CCO)C(=O)c1cc([N+](=O)[O-])cn1CC. The molecule has 7 nitrogen and oxygen atoms in total. The molecule has 0 aliphatic heterocycles. The molecule has 0 atom stereocenters. The molecule has 118 valence electrons. The van der Waals surface area contributed by atoms with Crippen LogP contribution in [0.2, 0.25) is 0 Å². The van der Waals surface area contributed by atoms with Crippen LogP contribution >= 0.6 is 0 Å². The summed E-state index contributed by atoms with van der Waals surface area (Å²) in [7, 11) is 0. The van der Waals surface area contributed by atoms with Crippen LogP contribution in [0.15, 0.2) is 12.3 Å². The molecule has 0 saturated heterocycles. The van der Waals surface area contributed by atoms with E-state index < -0.39 is 4.92 Å². The lowest BCUT2D eigenvalue weighted by molar-refractivity contribution is -0.384. The summed E-state index contributed by atoms with van der Waals surface area (Å²) in [4.78, 5) is 24.7. The highest BCUT2D eigenvalue weighted by atomic mass is 16.6. The zero-order chi connectivity index (χ0) is 16.0. The number of carbonyl (C=O) groups excluding carboxylic acids is 1. The van der Waals surface area contributed by atoms with Crippen LogP contribution in [0.4, 0.5) is 5.69 Å². The van der Waals surface area contributed by atoms with E-state index in [-0.39, 0.29) is 30.8 Å². The molecular weight excluding hydrogens is 274 g/mol. The van der Waals surface area contributed by atoms with Crippen LogP contribution < -0.4 is 0 Å². The summed E-state index contributed by atoms with van der Waals surface area (Å²) >= 11 is 0. The Morgan fingerprint density at radius 2 is 2.05 bits per heavy atom. The van der Waals surface area contributed by atoms with E-state index in [2.05, 4.69) is 0 Å². The van der Waals surface area contributed by atoms with Crippen molar-refractivity contribution in [2.45, 2.75) is 46.2 Å². The molecule has 0 radical (unpaired) electrons. The van der Waals surface area contributed by atoms with Gasteiger partial charge in [0.05, 0.1) is 17.7 Å². The minimum Gasteiger partial charge on any atom is -0.395 e. The van der Waals surface area contributed by atoms with E-state index in [9.17, 15) is 20.0 Å². The summed E-state index contributed by atoms with van der Waals surface area (Å²) in [6.07, 6.45) is 2.92. The second kappa shape index (κ2) is 7.78. The Bertz CT molecular complexity index is 494. The van der Waals surface area contributed by atoms with Gasteiger partial charge in [0.2, 0.25) is 0 Å². The molecule has 1 heterocycles. The third-order valence-corrected chi connectivity index (χ3v) is 3.64. The molecule has 0 aromatic carbocycles. The van der Waals surface area contributed by atoms with Gasteiger partial charge in [-0.2, -0.15) is 0 Å². The van der Waals surface area contributed by atoms with E-state index in [0.29, 0.717) is 12.2 Å². The van der Waals surface area contributed by atoms with Gasteiger partial charge in [-0.05, 0) is 19.8 Å². The van der Waals surface area contributed by atoms with Gasteiger partial charge in [0.25, 0.3) is 11.6 Å². The lowest BCUT2D eigenvalue weighted by atomic mass is 10.1. The topological polar surface area (TPSA) is 88.6 Å². The molecule has 0 fully saturated rings. The Hall–Kier alpha value is -1.89. The molecule has 0 unspecified atom stereocenters. The van der Waals surface area contributed by atoms with Crippen LogP contribution in [0.5, 0.6) is 0 Å². The van der Waals surface area contributed by atoms with Crippen molar-refractivity contribution in [3.05, 3.63) is 28.1 Å². The van der Waals surface area contributed by atoms with Crippen molar-refractivity contribution >= 4 is 11.6 Å². The zero-order valence-corrected chi connectivity index (χ0v) is 12.8. The van der Waals surface area contributed by atoms with Gasteiger partial charge in [-0.3, -0.25) is 14.9 Å². The third-order valence-electron chi connectivity index (χ3n) is 3.64. The second-order valence-corrected chi connectivity index (χ2v) is 4.82. The number of aliphatic hydroxyl groups excluding tert-OH is 1. The molecule has 0 spiro atoms. The van der Waals surface area contributed by atoms with E-state index >= 15 is 0 Å². The maximum absolute atomic E-state index is 12.7. The van der Waals surface area contributed by atoms with Crippen molar-refractivity contribution in [2.75, 3.05) is 13.2 Å². The molecule has 0 aliphatic carbocycles. The maximum atomic E-state index is 12.7. The molecule has 0 saturated carbocycles. The molecule has 0 bridgehead atoms. The smallest absolute Gasteiger partial charge is 0.287 e. The van der Waals surface area contributed by atoms with Crippen LogP contribution in [0.1, 0.15) is 44.1 Å². The first kappa shape index (κ1) is 17.2. The van der Waals surface area contributed by atoms with Crippen molar-refractivity contribution in [1.82, 2.24) is 9.47 Å². The minimum absolute atomic E-state index is 0.0175. The number of amides is 1. The molecule has 1 aromatic heterocycles. The summed E-state index contributed by atoms with van der Waals surface area (Å²) in [5, 5.41) is 20.1.